The third-order valence-corrected chi connectivity index (χ3v) is 3.38. The number of hydrogen-bond donors (Lipinski definition) is 1. The van der Waals surface area contributed by atoms with Crippen molar-refractivity contribution in [1.82, 2.24) is 10.2 Å². The van der Waals surface area contributed by atoms with Crippen LogP contribution in [0.2, 0.25) is 0 Å². The number of benzene rings is 2. The Morgan fingerprint density at radius 1 is 1.10 bits per heavy atom. The largest absolute Gasteiger partial charge is 0.259 e. The lowest BCUT2D eigenvalue weighted by molar-refractivity contribution is 1.04. The van der Waals surface area contributed by atoms with Gasteiger partial charge in [-0.3, -0.25) is 5.43 Å². The van der Waals surface area contributed by atoms with E-state index in [2.05, 4.69) is 52.8 Å². The first kappa shape index (κ1) is 13.2. The minimum Gasteiger partial charge on any atom is -0.259 e. The molecule has 0 aliphatic heterocycles. The van der Waals surface area contributed by atoms with Crippen LogP contribution in [0.15, 0.2) is 53.8 Å². The fourth-order valence-electron chi connectivity index (χ4n) is 2.17. The lowest BCUT2D eigenvalue weighted by Crippen LogP contribution is -1.97. The van der Waals surface area contributed by atoms with Gasteiger partial charge in [0.15, 0.2) is 5.82 Å². The van der Waals surface area contributed by atoms with Crippen molar-refractivity contribution in [1.29, 1.82) is 0 Å². The van der Waals surface area contributed by atoms with Gasteiger partial charge in [-0.2, -0.15) is 10.2 Å². The molecule has 3 rings (SSSR count). The number of nitrogens with zero attached hydrogens (tertiary/aromatic N) is 3. The second-order valence-corrected chi connectivity index (χ2v) is 5.01. The molecular weight excluding hydrogens is 260 g/mol. The second-order valence-electron chi connectivity index (χ2n) is 5.01. The molecule has 104 valence electrons. The number of fused-ring (bicyclic) bond motifs is 1. The van der Waals surface area contributed by atoms with Gasteiger partial charge in [-0.25, -0.2) is 0 Å². The van der Waals surface area contributed by atoms with Crippen LogP contribution in [0.4, 0.5) is 5.82 Å². The zero-order valence-electron chi connectivity index (χ0n) is 12.0. The first-order chi connectivity index (χ1) is 10.2. The van der Waals surface area contributed by atoms with Crippen molar-refractivity contribution >= 4 is 22.8 Å². The quantitative estimate of drug-likeness (QED) is 0.586. The van der Waals surface area contributed by atoms with Crippen molar-refractivity contribution in [3.63, 3.8) is 0 Å². The number of rotatable bonds is 3. The van der Waals surface area contributed by atoms with Crippen molar-refractivity contribution in [2.24, 2.45) is 5.10 Å². The van der Waals surface area contributed by atoms with E-state index in [1.165, 1.54) is 11.1 Å². The van der Waals surface area contributed by atoms with Gasteiger partial charge in [0.1, 0.15) is 0 Å². The van der Waals surface area contributed by atoms with E-state index in [4.69, 9.17) is 0 Å². The van der Waals surface area contributed by atoms with Crippen molar-refractivity contribution in [3.05, 3.63) is 65.4 Å². The molecule has 4 nitrogen and oxygen atoms in total. The fraction of sp³-hybridized carbons (Fsp3) is 0.118. The predicted molar refractivity (Wildman–Crippen MR) is 86.7 cm³/mol. The summed E-state index contributed by atoms with van der Waals surface area (Å²) in [6, 6.07) is 14.3. The summed E-state index contributed by atoms with van der Waals surface area (Å²) in [6.07, 6.45) is 3.56. The Kier molecular flexibility index (Phi) is 3.60. The fourth-order valence-corrected chi connectivity index (χ4v) is 2.17. The molecule has 1 aromatic heterocycles. The van der Waals surface area contributed by atoms with E-state index in [1.54, 1.807) is 6.20 Å². The van der Waals surface area contributed by atoms with Crippen molar-refractivity contribution in [2.45, 2.75) is 13.8 Å². The highest BCUT2D eigenvalue weighted by Gasteiger charge is 2.01. The Morgan fingerprint density at radius 2 is 1.95 bits per heavy atom. The molecule has 1 N–H and O–H groups in total. The Balaban J connectivity index is 1.86. The minimum absolute atomic E-state index is 0.662. The summed E-state index contributed by atoms with van der Waals surface area (Å²) in [5.41, 5.74) is 6.48. The maximum Gasteiger partial charge on any atom is 0.176 e. The molecule has 0 radical (unpaired) electrons. The highest BCUT2D eigenvalue weighted by Crippen LogP contribution is 2.19. The summed E-state index contributed by atoms with van der Waals surface area (Å²) in [5.74, 6) is 0.662. The van der Waals surface area contributed by atoms with Gasteiger partial charge in [0.05, 0.1) is 12.4 Å². The summed E-state index contributed by atoms with van der Waals surface area (Å²) < 4.78 is 0. The molecule has 0 bridgehead atoms. The lowest BCUT2D eigenvalue weighted by Gasteiger charge is -2.04. The first-order valence-corrected chi connectivity index (χ1v) is 6.81. The summed E-state index contributed by atoms with van der Waals surface area (Å²) in [4.78, 5) is 0. The first-order valence-electron chi connectivity index (χ1n) is 6.81. The van der Waals surface area contributed by atoms with E-state index in [1.807, 2.05) is 30.5 Å². The molecule has 4 heteroatoms. The maximum absolute atomic E-state index is 4.29. The molecule has 0 spiro atoms. The van der Waals surface area contributed by atoms with Crippen molar-refractivity contribution in [3.8, 4) is 0 Å². The highest BCUT2D eigenvalue weighted by atomic mass is 15.3. The number of hydrogen-bond acceptors (Lipinski definition) is 4. The Morgan fingerprint density at radius 3 is 2.86 bits per heavy atom. The monoisotopic (exact) mass is 276 g/mol. The van der Waals surface area contributed by atoms with E-state index < -0.39 is 0 Å². The van der Waals surface area contributed by atoms with Gasteiger partial charge in [-0.15, -0.1) is 5.10 Å². The van der Waals surface area contributed by atoms with Crippen LogP contribution in [0, 0.1) is 13.8 Å². The summed E-state index contributed by atoms with van der Waals surface area (Å²) in [6.45, 7) is 4.14. The molecule has 0 fully saturated rings. The van der Waals surface area contributed by atoms with Crippen LogP contribution < -0.4 is 5.43 Å². The molecule has 0 aliphatic carbocycles. The van der Waals surface area contributed by atoms with E-state index in [0.717, 1.165) is 16.3 Å². The molecule has 0 unspecified atom stereocenters. The average molecular weight is 276 g/mol. The van der Waals surface area contributed by atoms with E-state index in [0.29, 0.717) is 5.82 Å². The molecule has 21 heavy (non-hydrogen) atoms. The average Bonchev–Trinajstić information content (AvgIpc) is 2.51. The topological polar surface area (TPSA) is 50.2 Å². The SMILES string of the molecule is Cc1ccc(C)c(/C=N\Nc2nncc3ccccc23)c1. The highest BCUT2D eigenvalue weighted by molar-refractivity contribution is 5.91. The van der Waals surface area contributed by atoms with Crippen LogP contribution in [0.3, 0.4) is 0 Å². The number of nitrogens with one attached hydrogen (secondary N) is 1. The number of anilines is 1. The summed E-state index contributed by atoms with van der Waals surface area (Å²) >= 11 is 0. The van der Waals surface area contributed by atoms with Gasteiger partial charge in [-0.05, 0) is 25.0 Å². The summed E-state index contributed by atoms with van der Waals surface area (Å²) in [7, 11) is 0. The Labute approximate surface area is 123 Å². The van der Waals surface area contributed by atoms with Crippen molar-refractivity contribution in [2.75, 3.05) is 5.43 Å². The molecule has 3 aromatic rings. The number of hydrazone groups is 1. The van der Waals surface area contributed by atoms with E-state index in [-0.39, 0.29) is 0 Å². The third kappa shape index (κ3) is 2.89. The van der Waals surface area contributed by atoms with Crippen LogP contribution in [-0.4, -0.2) is 16.4 Å². The van der Waals surface area contributed by atoms with Crippen LogP contribution in [0.5, 0.6) is 0 Å². The van der Waals surface area contributed by atoms with Gasteiger partial charge in [0.2, 0.25) is 0 Å². The zero-order valence-corrected chi connectivity index (χ0v) is 12.0. The molecule has 0 atom stereocenters. The van der Waals surface area contributed by atoms with Crippen LogP contribution in [0.1, 0.15) is 16.7 Å². The van der Waals surface area contributed by atoms with Gasteiger partial charge in [0, 0.05) is 10.8 Å². The normalized spacial score (nSPS) is 11.1. The minimum atomic E-state index is 0.662. The number of aryl methyl sites for hydroxylation is 2. The maximum atomic E-state index is 4.29. The molecular formula is C17H16N4. The third-order valence-electron chi connectivity index (χ3n) is 3.38. The van der Waals surface area contributed by atoms with Crippen LogP contribution >= 0.6 is 0 Å². The standard InChI is InChI=1S/C17H16N4/c1-12-7-8-13(2)15(9-12)11-19-21-17-16-6-4-3-5-14(16)10-18-20-17/h3-11H,1-2H3,(H,20,21)/b19-11-. The zero-order chi connectivity index (χ0) is 14.7. The van der Waals surface area contributed by atoms with E-state index >= 15 is 0 Å². The molecule has 1 heterocycles. The van der Waals surface area contributed by atoms with Crippen molar-refractivity contribution < 1.29 is 0 Å². The molecule has 0 saturated heterocycles. The Bertz CT molecular complexity index is 803. The predicted octanol–water partition coefficient (Wildman–Crippen LogP) is 3.69. The second kappa shape index (κ2) is 5.71. The molecule has 0 amide bonds. The van der Waals surface area contributed by atoms with Gasteiger partial charge >= 0.3 is 0 Å². The van der Waals surface area contributed by atoms with Gasteiger partial charge < -0.3 is 0 Å². The molecule has 0 aliphatic rings. The molecule has 0 saturated carbocycles. The summed E-state index contributed by atoms with van der Waals surface area (Å²) in [5, 5.41) is 14.4. The van der Waals surface area contributed by atoms with E-state index in [9.17, 15) is 0 Å². The van der Waals surface area contributed by atoms with Gasteiger partial charge in [0.25, 0.3) is 0 Å². The Hall–Kier alpha value is -2.75. The van der Waals surface area contributed by atoms with Gasteiger partial charge in [-0.1, -0.05) is 48.0 Å². The molecule has 2 aromatic carbocycles. The van der Waals surface area contributed by atoms with Crippen LogP contribution in [-0.2, 0) is 0 Å². The van der Waals surface area contributed by atoms with Crippen LogP contribution in [0.25, 0.3) is 10.8 Å². The lowest BCUT2D eigenvalue weighted by atomic mass is 10.1. The number of aromatic nitrogens is 2. The smallest absolute Gasteiger partial charge is 0.176 e.